The summed E-state index contributed by atoms with van der Waals surface area (Å²) in [7, 11) is 0. The molecule has 8 heteroatoms. The largest absolute Gasteiger partial charge is 0.376 e. The molecular weight excluding hydrogens is 394 g/mol. The van der Waals surface area contributed by atoms with Crippen LogP contribution in [0.3, 0.4) is 0 Å². The average Bonchev–Trinajstić information content (AvgIpc) is 3.31. The zero-order chi connectivity index (χ0) is 19.0. The van der Waals surface area contributed by atoms with E-state index < -0.39 is 17.5 Å². The van der Waals surface area contributed by atoms with Crippen molar-refractivity contribution in [2.24, 2.45) is 0 Å². The van der Waals surface area contributed by atoms with E-state index in [2.05, 4.69) is 4.98 Å². The summed E-state index contributed by atoms with van der Waals surface area (Å²) in [6.45, 7) is 0.909. The van der Waals surface area contributed by atoms with E-state index in [1.54, 1.807) is 0 Å². The van der Waals surface area contributed by atoms with Crippen LogP contribution in [0.5, 0.6) is 0 Å². The van der Waals surface area contributed by atoms with Crippen LogP contribution in [0.15, 0.2) is 36.4 Å². The van der Waals surface area contributed by atoms with Gasteiger partial charge in [-0.3, -0.25) is 9.69 Å². The van der Waals surface area contributed by atoms with Gasteiger partial charge in [0.1, 0.15) is 0 Å². The molecule has 1 unspecified atom stereocenters. The van der Waals surface area contributed by atoms with Crippen LogP contribution in [-0.4, -0.2) is 30.1 Å². The second-order valence-corrected chi connectivity index (χ2v) is 7.68. The number of fused-ring (bicyclic) bond motifs is 1. The third-order valence-corrected chi connectivity index (χ3v) is 5.78. The lowest BCUT2D eigenvalue weighted by Gasteiger charge is -2.23. The molecule has 2 heterocycles. The number of halogens is 3. The van der Waals surface area contributed by atoms with E-state index in [1.165, 1.54) is 16.2 Å². The molecule has 0 bridgehead atoms. The van der Waals surface area contributed by atoms with E-state index in [-0.39, 0.29) is 23.2 Å². The maximum absolute atomic E-state index is 13.7. The standard InChI is InChI=1S/C19H15ClF2N2O2S/c20-13-9-15(22)14(21)8-12(13)18(25)24(10-11-4-3-7-26-11)19-23-16-5-1-2-6-17(16)27-19/h1-2,5-6,8-9,11H,3-4,7,10H2. The van der Waals surface area contributed by atoms with Crippen LogP contribution in [0.25, 0.3) is 10.2 Å². The Morgan fingerprint density at radius 2 is 2.07 bits per heavy atom. The summed E-state index contributed by atoms with van der Waals surface area (Å²) in [5, 5.41) is 0.329. The zero-order valence-electron chi connectivity index (χ0n) is 14.1. The first kappa shape index (κ1) is 18.3. The Bertz CT molecular complexity index is 972. The Labute approximate surface area is 163 Å². The summed E-state index contributed by atoms with van der Waals surface area (Å²) in [6.07, 6.45) is 1.60. The molecule has 1 aliphatic rings. The summed E-state index contributed by atoms with van der Waals surface area (Å²) >= 11 is 7.37. The topological polar surface area (TPSA) is 42.4 Å². The van der Waals surface area contributed by atoms with Gasteiger partial charge in [0, 0.05) is 6.61 Å². The second kappa shape index (κ2) is 7.50. The SMILES string of the molecule is O=C(c1cc(F)c(F)cc1Cl)N(CC1CCCO1)c1nc2ccccc2s1. The number of hydrogen-bond donors (Lipinski definition) is 0. The van der Waals surface area contributed by atoms with Gasteiger partial charge in [-0.15, -0.1) is 0 Å². The Kier molecular flexibility index (Phi) is 5.08. The van der Waals surface area contributed by atoms with Crippen molar-refractivity contribution in [3.63, 3.8) is 0 Å². The first-order valence-corrected chi connectivity index (χ1v) is 9.66. The molecule has 0 saturated carbocycles. The van der Waals surface area contributed by atoms with E-state index in [9.17, 15) is 13.6 Å². The van der Waals surface area contributed by atoms with Gasteiger partial charge in [0.25, 0.3) is 5.91 Å². The van der Waals surface area contributed by atoms with Gasteiger partial charge in [0.15, 0.2) is 16.8 Å². The van der Waals surface area contributed by atoms with Crippen molar-refractivity contribution in [2.45, 2.75) is 18.9 Å². The molecule has 0 spiro atoms. The highest BCUT2D eigenvalue weighted by atomic mass is 35.5. The highest BCUT2D eigenvalue weighted by Crippen LogP contribution is 2.32. The number of amides is 1. The molecule has 0 N–H and O–H groups in total. The van der Waals surface area contributed by atoms with Gasteiger partial charge >= 0.3 is 0 Å². The molecule has 1 atom stereocenters. The lowest BCUT2D eigenvalue weighted by atomic mass is 10.1. The van der Waals surface area contributed by atoms with Crippen LogP contribution in [-0.2, 0) is 4.74 Å². The molecule has 27 heavy (non-hydrogen) atoms. The number of ether oxygens (including phenoxy) is 1. The fourth-order valence-corrected chi connectivity index (χ4v) is 4.25. The maximum atomic E-state index is 13.7. The quantitative estimate of drug-likeness (QED) is 0.567. The normalized spacial score (nSPS) is 16.8. The fraction of sp³-hybridized carbons (Fsp3) is 0.263. The average molecular weight is 409 g/mol. The van der Waals surface area contributed by atoms with E-state index in [0.29, 0.717) is 11.7 Å². The van der Waals surface area contributed by atoms with Crippen LogP contribution in [0.2, 0.25) is 5.02 Å². The molecule has 0 aliphatic carbocycles. The van der Waals surface area contributed by atoms with Crippen LogP contribution in [0.4, 0.5) is 13.9 Å². The Balaban J connectivity index is 1.75. The van der Waals surface area contributed by atoms with Gasteiger partial charge in [-0.1, -0.05) is 35.1 Å². The van der Waals surface area contributed by atoms with Gasteiger partial charge in [-0.2, -0.15) is 0 Å². The summed E-state index contributed by atoms with van der Waals surface area (Å²) in [5.41, 5.74) is 0.659. The highest BCUT2D eigenvalue weighted by Gasteiger charge is 2.29. The van der Waals surface area contributed by atoms with E-state index >= 15 is 0 Å². The minimum atomic E-state index is -1.12. The molecule has 1 aromatic heterocycles. The predicted octanol–water partition coefficient (Wildman–Crippen LogP) is 5.05. The molecule has 2 aromatic carbocycles. The van der Waals surface area contributed by atoms with E-state index in [1.807, 2.05) is 24.3 Å². The molecule has 4 nitrogen and oxygen atoms in total. The maximum Gasteiger partial charge on any atom is 0.261 e. The summed E-state index contributed by atoms with van der Waals surface area (Å²) in [6, 6.07) is 9.17. The van der Waals surface area contributed by atoms with Crippen LogP contribution in [0.1, 0.15) is 23.2 Å². The van der Waals surface area contributed by atoms with Gasteiger partial charge in [-0.25, -0.2) is 13.8 Å². The second-order valence-electron chi connectivity index (χ2n) is 6.26. The van der Waals surface area contributed by atoms with Gasteiger partial charge in [0.05, 0.1) is 33.5 Å². The third kappa shape index (κ3) is 3.67. The molecule has 140 valence electrons. The number of rotatable bonds is 4. The number of nitrogens with zero attached hydrogens (tertiary/aromatic N) is 2. The van der Waals surface area contributed by atoms with E-state index in [4.69, 9.17) is 16.3 Å². The van der Waals surface area contributed by atoms with Crippen molar-refractivity contribution in [3.05, 3.63) is 58.6 Å². The summed E-state index contributed by atoms with van der Waals surface area (Å²) < 4.78 is 33.7. The number of hydrogen-bond acceptors (Lipinski definition) is 4. The van der Waals surface area contributed by atoms with Crippen LogP contribution < -0.4 is 4.90 Å². The summed E-state index contributed by atoms with van der Waals surface area (Å²) in [4.78, 5) is 19.1. The molecule has 1 fully saturated rings. The van der Waals surface area contributed by atoms with E-state index in [0.717, 1.165) is 35.2 Å². The highest BCUT2D eigenvalue weighted by molar-refractivity contribution is 7.22. The lowest BCUT2D eigenvalue weighted by Crippen LogP contribution is -2.37. The summed E-state index contributed by atoms with van der Waals surface area (Å²) in [5.74, 6) is -2.75. The smallest absolute Gasteiger partial charge is 0.261 e. The van der Waals surface area contributed by atoms with Crippen molar-refractivity contribution >= 4 is 44.2 Å². The molecule has 1 aliphatic heterocycles. The van der Waals surface area contributed by atoms with Crippen molar-refractivity contribution in [1.29, 1.82) is 0 Å². The minimum absolute atomic E-state index is 0.104. The first-order chi connectivity index (χ1) is 13.0. The lowest BCUT2D eigenvalue weighted by molar-refractivity contribution is 0.0917. The van der Waals surface area contributed by atoms with Crippen molar-refractivity contribution < 1.29 is 18.3 Å². The molecule has 1 amide bonds. The number of aromatic nitrogens is 1. The molecular formula is C19H15ClF2N2O2S. The predicted molar refractivity (Wildman–Crippen MR) is 102 cm³/mol. The first-order valence-electron chi connectivity index (χ1n) is 8.46. The van der Waals surface area contributed by atoms with Crippen LogP contribution >= 0.6 is 22.9 Å². The van der Waals surface area contributed by atoms with Crippen LogP contribution in [0, 0.1) is 11.6 Å². The number of anilines is 1. The number of carbonyl (C=O) groups excluding carboxylic acids is 1. The monoisotopic (exact) mass is 408 g/mol. The molecule has 0 radical (unpaired) electrons. The number of thiazole rings is 1. The van der Waals surface area contributed by atoms with Gasteiger partial charge < -0.3 is 4.74 Å². The fourth-order valence-electron chi connectivity index (χ4n) is 3.05. The van der Waals surface area contributed by atoms with Gasteiger partial charge in [-0.05, 0) is 37.1 Å². The Hall–Kier alpha value is -2.09. The van der Waals surface area contributed by atoms with Crippen molar-refractivity contribution in [2.75, 3.05) is 18.1 Å². The third-order valence-electron chi connectivity index (χ3n) is 4.41. The zero-order valence-corrected chi connectivity index (χ0v) is 15.7. The van der Waals surface area contributed by atoms with Gasteiger partial charge in [0.2, 0.25) is 0 Å². The number of para-hydroxylation sites is 1. The molecule has 3 aromatic rings. The van der Waals surface area contributed by atoms with Crippen molar-refractivity contribution in [1.82, 2.24) is 4.98 Å². The number of carbonyl (C=O) groups is 1. The van der Waals surface area contributed by atoms with Crippen molar-refractivity contribution in [3.8, 4) is 0 Å². The number of benzene rings is 2. The Morgan fingerprint density at radius 3 is 2.81 bits per heavy atom. The minimum Gasteiger partial charge on any atom is -0.376 e. The molecule has 4 rings (SSSR count). The Morgan fingerprint density at radius 1 is 1.30 bits per heavy atom. The molecule has 1 saturated heterocycles.